The van der Waals surface area contributed by atoms with E-state index in [-0.39, 0.29) is 5.91 Å². The molecule has 144 valence electrons. The number of piperazine rings is 1. The van der Waals surface area contributed by atoms with E-state index >= 15 is 0 Å². The summed E-state index contributed by atoms with van der Waals surface area (Å²) in [5.74, 6) is 2.03. The van der Waals surface area contributed by atoms with E-state index in [4.69, 9.17) is 14.1 Å². The van der Waals surface area contributed by atoms with Crippen molar-refractivity contribution in [1.82, 2.24) is 15.1 Å². The van der Waals surface area contributed by atoms with E-state index in [2.05, 4.69) is 17.1 Å². The summed E-state index contributed by atoms with van der Waals surface area (Å²) in [5.41, 5.74) is 1.09. The van der Waals surface area contributed by atoms with Crippen LogP contribution in [0.5, 0.6) is 5.75 Å². The molecule has 0 saturated carbocycles. The van der Waals surface area contributed by atoms with Crippen LogP contribution in [0.1, 0.15) is 23.0 Å². The Bertz CT molecular complexity index is 765. The Morgan fingerprint density at radius 2 is 1.96 bits per heavy atom. The fourth-order valence-corrected chi connectivity index (χ4v) is 3.04. The van der Waals surface area contributed by atoms with Crippen molar-refractivity contribution in [2.75, 3.05) is 39.8 Å². The number of ether oxygens (including phenoxy) is 1. The second kappa shape index (κ2) is 9.12. The van der Waals surface area contributed by atoms with Gasteiger partial charge in [-0.15, -0.1) is 0 Å². The number of benzene rings is 1. The van der Waals surface area contributed by atoms with Crippen molar-refractivity contribution in [2.24, 2.45) is 4.99 Å². The molecule has 0 bridgehead atoms. The second-order valence-electron chi connectivity index (χ2n) is 6.28. The number of guanidine groups is 1. The van der Waals surface area contributed by atoms with Gasteiger partial charge in [0.15, 0.2) is 11.7 Å². The minimum absolute atomic E-state index is 0.0574. The Morgan fingerprint density at radius 1 is 1.19 bits per heavy atom. The van der Waals surface area contributed by atoms with Crippen molar-refractivity contribution in [3.63, 3.8) is 0 Å². The van der Waals surface area contributed by atoms with Crippen LogP contribution >= 0.6 is 0 Å². The molecular formula is C20H26N4O3. The summed E-state index contributed by atoms with van der Waals surface area (Å²) in [6.45, 7) is 6.17. The number of furan rings is 1. The standard InChI is InChI=1S/C20H26N4O3/c1-3-21-20(22-15-16-6-4-7-17(14-16)26-2)24-11-9-23(10-12-24)19(25)18-8-5-13-27-18/h4-8,13-14H,3,9-12,15H2,1-2H3,(H,21,22). The van der Waals surface area contributed by atoms with Gasteiger partial charge in [-0.05, 0) is 36.8 Å². The Morgan fingerprint density at radius 3 is 2.63 bits per heavy atom. The molecule has 7 heteroatoms. The molecule has 1 aromatic carbocycles. The number of hydrogen-bond donors (Lipinski definition) is 1. The summed E-state index contributed by atoms with van der Waals surface area (Å²) in [6, 6.07) is 11.4. The first-order chi connectivity index (χ1) is 13.2. The first-order valence-electron chi connectivity index (χ1n) is 9.20. The van der Waals surface area contributed by atoms with Gasteiger partial charge >= 0.3 is 0 Å². The van der Waals surface area contributed by atoms with Gasteiger partial charge in [-0.2, -0.15) is 0 Å². The molecule has 0 atom stereocenters. The van der Waals surface area contributed by atoms with Crippen molar-refractivity contribution >= 4 is 11.9 Å². The van der Waals surface area contributed by atoms with Crippen molar-refractivity contribution in [3.05, 3.63) is 54.0 Å². The minimum Gasteiger partial charge on any atom is -0.497 e. The molecule has 1 N–H and O–H groups in total. The molecule has 0 spiro atoms. The van der Waals surface area contributed by atoms with Crippen molar-refractivity contribution in [2.45, 2.75) is 13.5 Å². The van der Waals surface area contributed by atoms with Crippen molar-refractivity contribution < 1.29 is 13.9 Å². The maximum absolute atomic E-state index is 12.4. The Hall–Kier alpha value is -2.96. The topological polar surface area (TPSA) is 70.3 Å². The van der Waals surface area contributed by atoms with Gasteiger partial charge in [-0.3, -0.25) is 4.79 Å². The summed E-state index contributed by atoms with van der Waals surface area (Å²) in [6.07, 6.45) is 1.53. The van der Waals surface area contributed by atoms with Crippen LogP contribution in [-0.2, 0) is 6.54 Å². The van der Waals surface area contributed by atoms with E-state index in [1.165, 1.54) is 6.26 Å². The number of aliphatic imine (C=N–C) groups is 1. The number of methoxy groups -OCH3 is 1. The zero-order valence-corrected chi connectivity index (χ0v) is 15.9. The van der Waals surface area contributed by atoms with Gasteiger partial charge in [0.25, 0.3) is 5.91 Å². The number of nitrogens with zero attached hydrogens (tertiary/aromatic N) is 3. The highest BCUT2D eigenvalue weighted by molar-refractivity contribution is 5.91. The van der Waals surface area contributed by atoms with Crippen molar-refractivity contribution in [3.8, 4) is 5.75 Å². The van der Waals surface area contributed by atoms with E-state index in [1.54, 1.807) is 19.2 Å². The molecule has 3 rings (SSSR count). The molecule has 0 radical (unpaired) electrons. The SMILES string of the molecule is CCNC(=NCc1cccc(OC)c1)N1CCN(C(=O)c2ccco2)CC1. The molecule has 1 aliphatic heterocycles. The van der Waals surface area contributed by atoms with Crippen LogP contribution < -0.4 is 10.1 Å². The maximum Gasteiger partial charge on any atom is 0.289 e. The lowest BCUT2D eigenvalue weighted by molar-refractivity contribution is 0.0657. The van der Waals surface area contributed by atoms with Gasteiger partial charge in [-0.25, -0.2) is 4.99 Å². The first-order valence-corrected chi connectivity index (χ1v) is 9.20. The fourth-order valence-electron chi connectivity index (χ4n) is 3.04. The highest BCUT2D eigenvalue weighted by atomic mass is 16.5. The van der Waals surface area contributed by atoms with Crippen LogP contribution in [0.3, 0.4) is 0 Å². The van der Waals surface area contributed by atoms with Crippen LogP contribution in [0.2, 0.25) is 0 Å². The highest BCUT2D eigenvalue weighted by Crippen LogP contribution is 2.14. The highest BCUT2D eigenvalue weighted by Gasteiger charge is 2.25. The van der Waals surface area contributed by atoms with Gasteiger partial charge < -0.3 is 24.3 Å². The van der Waals surface area contributed by atoms with Crippen LogP contribution in [-0.4, -0.2) is 61.5 Å². The molecule has 2 heterocycles. The monoisotopic (exact) mass is 370 g/mol. The Balaban J connectivity index is 1.61. The number of carbonyl (C=O) groups is 1. The summed E-state index contributed by atoms with van der Waals surface area (Å²) in [7, 11) is 1.66. The lowest BCUT2D eigenvalue weighted by Gasteiger charge is -2.36. The molecule has 1 amide bonds. The van der Waals surface area contributed by atoms with E-state index in [1.807, 2.05) is 29.2 Å². The molecule has 27 heavy (non-hydrogen) atoms. The lowest BCUT2D eigenvalue weighted by atomic mass is 10.2. The molecule has 1 saturated heterocycles. The second-order valence-corrected chi connectivity index (χ2v) is 6.28. The fraction of sp³-hybridized carbons (Fsp3) is 0.400. The number of amides is 1. The Labute approximate surface area is 159 Å². The summed E-state index contributed by atoms with van der Waals surface area (Å²) in [5, 5.41) is 3.35. The average Bonchev–Trinajstić information content (AvgIpc) is 3.26. The summed E-state index contributed by atoms with van der Waals surface area (Å²) >= 11 is 0. The predicted molar refractivity (Wildman–Crippen MR) is 104 cm³/mol. The molecule has 1 aliphatic rings. The number of hydrogen-bond acceptors (Lipinski definition) is 4. The van der Waals surface area contributed by atoms with E-state index in [0.717, 1.165) is 36.9 Å². The Kier molecular flexibility index (Phi) is 6.35. The maximum atomic E-state index is 12.4. The molecule has 0 unspecified atom stereocenters. The zero-order chi connectivity index (χ0) is 19.1. The van der Waals surface area contributed by atoms with E-state index in [0.29, 0.717) is 25.4 Å². The van der Waals surface area contributed by atoms with E-state index in [9.17, 15) is 4.79 Å². The molecule has 7 nitrogen and oxygen atoms in total. The van der Waals surface area contributed by atoms with Gasteiger partial charge in [-0.1, -0.05) is 12.1 Å². The summed E-state index contributed by atoms with van der Waals surface area (Å²) in [4.78, 5) is 21.2. The molecule has 0 aliphatic carbocycles. The van der Waals surface area contributed by atoms with Crippen LogP contribution in [0, 0.1) is 0 Å². The smallest absolute Gasteiger partial charge is 0.289 e. The average molecular weight is 370 g/mol. The number of carbonyl (C=O) groups excluding carboxylic acids is 1. The molecular weight excluding hydrogens is 344 g/mol. The third kappa shape index (κ3) is 4.81. The molecule has 1 aromatic heterocycles. The van der Waals surface area contributed by atoms with Crippen molar-refractivity contribution in [1.29, 1.82) is 0 Å². The largest absolute Gasteiger partial charge is 0.497 e. The lowest BCUT2D eigenvalue weighted by Crippen LogP contribution is -2.53. The van der Waals surface area contributed by atoms with Gasteiger partial charge in [0.2, 0.25) is 0 Å². The van der Waals surface area contributed by atoms with Crippen LogP contribution in [0.25, 0.3) is 0 Å². The predicted octanol–water partition coefficient (Wildman–Crippen LogP) is 2.21. The summed E-state index contributed by atoms with van der Waals surface area (Å²) < 4.78 is 10.5. The third-order valence-corrected chi connectivity index (χ3v) is 4.48. The third-order valence-electron chi connectivity index (χ3n) is 4.48. The van der Waals surface area contributed by atoms with E-state index < -0.39 is 0 Å². The number of nitrogens with one attached hydrogen (secondary N) is 1. The normalized spacial score (nSPS) is 15.0. The van der Waals surface area contributed by atoms with Gasteiger partial charge in [0.1, 0.15) is 5.75 Å². The first kappa shape index (κ1) is 18.8. The quantitative estimate of drug-likeness (QED) is 0.645. The van der Waals surface area contributed by atoms with Crippen LogP contribution in [0.4, 0.5) is 0 Å². The van der Waals surface area contributed by atoms with Gasteiger partial charge in [0, 0.05) is 32.7 Å². The zero-order valence-electron chi connectivity index (χ0n) is 15.9. The molecule has 1 fully saturated rings. The van der Waals surface area contributed by atoms with Crippen LogP contribution in [0.15, 0.2) is 52.1 Å². The van der Waals surface area contributed by atoms with Gasteiger partial charge in [0.05, 0.1) is 19.9 Å². The molecule has 2 aromatic rings. The minimum atomic E-state index is -0.0574. The number of rotatable bonds is 5.